The molecule has 0 saturated heterocycles. The van der Waals surface area contributed by atoms with Crippen LogP contribution in [0.2, 0.25) is 0 Å². The Bertz CT molecular complexity index is 521. The zero-order valence-corrected chi connectivity index (χ0v) is 11.6. The van der Waals surface area contributed by atoms with Gasteiger partial charge in [-0.2, -0.15) is 0 Å². The zero-order chi connectivity index (χ0) is 12.5. The van der Waals surface area contributed by atoms with Gasteiger partial charge in [-0.05, 0) is 36.3 Å². The van der Waals surface area contributed by atoms with E-state index in [0.29, 0.717) is 0 Å². The molecule has 1 heterocycles. The van der Waals surface area contributed by atoms with Crippen molar-refractivity contribution in [1.82, 2.24) is 4.72 Å². The van der Waals surface area contributed by atoms with Gasteiger partial charge >= 0.3 is 0 Å². The molecular weight excluding hydrogens is 276 g/mol. The number of fused-ring (bicyclic) bond motifs is 1. The predicted octanol–water partition coefficient (Wildman–Crippen LogP) is 1.33. The summed E-state index contributed by atoms with van der Waals surface area (Å²) >= 11 is 6.32. The Hall–Kier alpha value is -0.500. The van der Waals surface area contributed by atoms with Gasteiger partial charge in [0.2, 0.25) is 10.0 Å². The summed E-state index contributed by atoms with van der Waals surface area (Å²) in [7, 11) is -3.41. The Labute approximate surface area is 110 Å². The van der Waals surface area contributed by atoms with Crippen LogP contribution in [0.4, 0.5) is 0 Å². The minimum atomic E-state index is -3.41. The standard InChI is InChI=1S/C10H14N2O2S3/c11-10(15)6-17(13,14)12-8-2-1-3-9-7(8)4-5-16-9/h4-5,8,12H,1-3,6H2,(H2,11,15). The van der Waals surface area contributed by atoms with Gasteiger partial charge in [-0.25, -0.2) is 13.1 Å². The second-order valence-electron chi connectivity index (χ2n) is 4.09. The van der Waals surface area contributed by atoms with Crippen LogP contribution in [0.15, 0.2) is 11.4 Å². The number of thiocarbonyl (C=S) groups is 1. The van der Waals surface area contributed by atoms with Crippen molar-refractivity contribution in [3.05, 3.63) is 21.9 Å². The van der Waals surface area contributed by atoms with Gasteiger partial charge in [0, 0.05) is 10.9 Å². The Morgan fingerprint density at radius 3 is 3.12 bits per heavy atom. The molecule has 0 bridgehead atoms. The van der Waals surface area contributed by atoms with Gasteiger partial charge in [0.1, 0.15) is 5.75 Å². The van der Waals surface area contributed by atoms with E-state index >= 15 is 0 Å². The Morgan fingerprint density at radius 1 is 1.65 bits per heavy atom. The van der Waals surface area contributed by atoms with Crippen LogP contribution in [-0.2, 0) is 16.4 Å². The number of hydrogen-bond acceptors (Lipinski definition) is 4. The first-order valence-corrected chi connectivity index (χ1v) is 8.26. The number of aryl methyl sites for hydroxylation is 1. The molecule has 0 amide bonds. The topological polar surface area (TPSA) is 72.2 Å². The molecule has 4 nitrogen and oxygen atoms in total. The molecule has 7 heteroatoms. The van der Waals surface area contributed by atoms with E-state index in [0.717, 1.165) is 24.8 Å². The Balaban J connectivity index is 2.14. The van der Waals surface area contributed by atoms with Crippen LogP contribution in [0.1, 0.15) is 29.3 Å². The first kappa shape index (κ1) is 12.9. The number of thiophene rings is 1. The number of hydrogen-bond donors (Lipinski definition) is 2. The van der Waals surface area contributed by atoms with Crippen molar-refractivity contribution in [2.45, 2.75) is 25.3 Å². The summed E-state index contributed by atoms with van der Waals surface area (Å²) in [5.41, 5.74) is 6.38. The van der Waals surface area contributed by atoms with Crippen LogP contribution in [0, 0.1) is 0 Å². The van der Waals surface area contributed by atoms with Crippen molar-refractivity contribution in [1.29, 1.82) is 0 Å². The molecule has 1 aliphatic rings. The van der Waals surface area contributed by atoms with Gasteiger partial charge < -0.3 is 5.73 Å². The molecule has 3 N–H and O–H groups in total. The summed E-state index contributed by atoms with van der Waals surface area (Å²) < 4.78 is 26.2. The average Bonchev–Trinajstić information content (AvgIpc) is 2.63. The summed E-state index contributed by atoms with van der Waals surface area (Å²) in [6.07, 6.45) is 2.88. The monoisotopic (exact) mass is 290 g/mol. The molecule has 1 aromatic rings. The largest absolute Gasteiger partial charge is 0.392 e. The first-order chi connectivity index (χ1) is 7.98. The third-order valence-electron chi connectivity index (χ3n) is 2.71. The smallest absolute Gasteiger partial charge is 0.218 e. The molecule has 0 aromatic carbocycles. The van der Waals surface area contributed by atoms with Gasteiger partial charge in [-0.1, -0.05) is 12.2 Å². The Morgan fingerprint density at radius 2 is 2.41 bits per heavy atom. The van der Waals surface area contributed by atoms with Crippen LogP contribution in [0.3, 0.4) is 0 Å². The van der Waals surface area contributed by atoms with E-state index in [9.17, 15) is 8.42 Å². The predicted molar refractivity (Wildman–Crippen MR) is 73.7 cm³/mol. The molecule has 0 radical (unpaired) electrons. The third-order valence-corrected chi connectivity index (χ3v) is 5.36. The molecule has 2 rings (SSSR count). The summed E-state index contributed by atoms with van der Waals surface area (Å²) in [5, 5.41) is 2.00. The van der Waals surface area contributed by atoms with Crippen molar-refractivity contribution >= 4 is 38.6 Å². The fourth-order valence-corrected chi connectivity index (χ4v) is 4.64. The highest BCUT2D eigenvalue weighted by molar-refractivity contribution is 7.92. The summed E-state index contributed by atoms with van der Waals surface area (Å²) in [6.45, 7) is 0. The van der Waals surface area contributed by atoms with Crippen LogP contribution in [0.25, 0.3) is 0 Å². The fourth-order valence-electron chi connectivity index (χ4n) is 2.05. The SMILES string of the molecule is NC(=S)CS(=O)(=O)NC1CCCc2sccc21. The fraction of sp³-hybridized carbons (Fsp3) is 0.500. The van der Waals surface area contributed by atoms with Gasteiger partial charge in [-0.15, -0.1) is 11.3 Å². The van der Waals surface area contributed by atoms with Gasteiger partial charge in [0.25, 0.3) is 0 Å². The lowest BCUT2D eigenvalue weighted by atomic mass is 9.95. The quantitative estimate of drug-likeness (QED) is 0.821. The number of nitrogens with two attached hydrogens (primary N) is 1. The van der Waals surface area contributed by atoms with Gasteiger partial charge in [0.15, 0.2) is 0 Å². The minimum absolute atomic E-state index is 0.00106. The molecule has 17 heavy (non-hydrogen) atoms. The van der Waals surface area contributed by atoms with Gasteiger partial charge in [0.05, 0.1) is 4.99 Å². The third kappa shape index (κ3) is 3.25. The van der Waals surface area contributed by atoms with Crippen molar-refractivity contribution < 1.29 is 8.42 Å². The maximum atomic E-state index is 11.8. The van der Waals surface area contributed by atoms with Crippen molar-refractivity contribution in [2.24, 2.45) is 5.73 Å². The van der Waals surface area contributed by atoms with E-state index in [4.69, 9.17) is 5.73 Å². The lowest BCUT2D eigenvalue weighted by Crippen LogP contribution is -2.36. The first-order valence-electron chi connectivity index (χ1n) is 5.32. The van der Waals surface area contributed by atoms with E-state index in [1.165, 1.54) is 4.88 Å². The summed E-state index contributed by atoms with van der Waals surface area (Å²) in [6, 6.07) is 1.87. The lowest BCUT2D eigenvalue weighted by molar-refractivity contribution is 0.513. The molecule has 1 aromatic heterocycles. The maximum Gasteiger partial charge on any atom is 0.218 e. The molecule has 1 atom stereocenters. The van der Waals surface area contributed by atoms with E-state index in [2.05, 4.69) is 16.9 Å². The summed E-state index contributed by atoms with van der Waals surface area (Å²) in [4.78, 5) is 1.28. The second-order valence-corrected chi connectivity index (χ2v) is 7.37. The summed E-state index contributed by atoms with van der Waals surface area (Å²) in [5.74, 6) is -0.279. The van der Waals surface area contributed by atoms with Crippen LogP contribution in [0.5, 0.6) is 0 Å². The van der Waals surface area contributed by atoms with Gasteiger partial charge in [-0.3, -0.25) is 0 Å². The maximum absolute atomic E-state index is 11.8. The molecule has 1 aliphatic carbocycles. The minimum Gasteiger partial charge on any atom is -0.392 e. The van der Waals surface area contributed by atoms with Crippen molar-refractivity contribution in [3.8, 4) is 0 Å². The molecule has 0 fully saturated rings. The molecular formula is C10H14N2O2S3. The number of sulfonamides is 1. The Kier molecular flexibility index (Phi) is 3.82. The van der Waals surface area contributed by atoms with E-state index < -0.39 is 10.0 Å². The highest BCUT2D eigenvalue weighted by Crippen LogP contribution is 2.33. The number of rotatable bonds is 4. The van der Waals surface area contributed by atoms with Crippen molar-refractivity contribution in [2.75, 3.05) is 5.75 Å². The number of nitrogens with one attached hydrogen (secondary N) is 1. The zero-order valence-electron chi connectivity index (χ0n) is 9.18. The highest BCUT2D eigenvalue weighted by Gasteiger charge is 2.25. The average molecular weight is 290 g/mol. The van der Waals surface area contributed by atoms with Crippen molar-refractivity contribution in [3.63, 3.8) is 0 Å². The van der Waals surface area contributed by atoms with Crippen LogP contribution >= 0.6 is 23.6 Å². The van der Waals surface area contributed by atoms with Crippen LogP contribution in [-0.4, -0.2) is 19.2 Å². The molecule has 0 aliphatic heterocycles. The lowest BCUT2D eigenvalue weighted by Gasteiger charge is -2.23. The molecule has 94 valence electrons. The normalized spacial score (nSPS) is 19.9. The van der Waals surface area contributed by atoms with Crippen LogP contribution < -0.4 is 10.5 Å². The molecule has 0 saturated carbocycles. The van der Waals surface area contributed by atoms with E-state index in [1.54, 1.807) is 11.3 Å². The van der Waals surface area contributed by atoms with E-state index in [1.807, 2.05) is 11.4 Å². The molecule has 0 spiro atoms. The molecule has 1 unspecified atom stereocenters. The second kappa shape index (κ2) is 5.01. The highest BCUT2D eigenvalue weighted by atomic mass is 32.2. The van der Waals surface area contributed by atoms with E-state index in [-0.39, 0.29) is 16.8 Å².